The average molecular weight is 902 g/mol. The number of hydrogen-bond acceptors (Lipinski definition) is 5. The number of carbonyl (C=O) groups excluding carboxylic acids is 2. The van der Waals surface area contributed by atoms with Gasteiger partial charge in [-0.1, -0.05) is 289 Å². The van der Waals surface area contributed by atoms with E-state index in [0.717, 1.165) is 44.9 Å². The largest absolute Gasteiger partial charge is 0.462 e. The van der Waals surface area contributed by atoms with E-state index in [4.69, 9.17) is 9.47 Å². The number of rotatable bonds is 54. The lowest BCUT2D eigenvalue weighted by Gasteiger charge is -2.15. The van der Waals surface area contributed by atoms with E-state index in [1.165, 1.54) is 250 Å². The summed E-state index contributed by atoms with van der Waals surface area (Å²) in [5.74, 6) is -0.582. The van der Waals surface area contributed by atoms with E-state index in [1.54, 1.807) is 0 Å². The minimum absolute atomic E-state index is 0.0638. The Balaban J connectivity index is 3.39. The number of esters is 2. The van der Waals surface area contributed by atoms with E-state index in [1.807, 2.05) is 0 Å². The Bertz CT molecular complexity index is 974. The summed E-state index contributed by atoms with van der Waals surface area (Å²) in [6, 6.07) is 0. The highest BCUT2D eigenvalue weighted by Crippen LogP contribution is 2.18. The zero-order chi connectivity index (χ0) is 46.3. The SMILES string of the molecule is CCCCCC/C=C\C/C=C\CCCCCCCCCC(=O)OC(CO)COC(=O)CCCCCCCCCCCCCCCCCCCCCCCCCCCCCCCCCC. The first-order chi connectivity index (χ1) is 31.6. The Kier molecular flexibility index (Phi) is 54.3. The third-order valence-corrected chi connectivity index (χ3v) is 13.2. The maximum atomic E-state index is 12.3. The predicted molar refractivity (Wildman–Crippen MR) is 279 cm³/mol. The van der Waals surface area contributed by atoms with Crippen LogP contribution in [-0.4, -0.2) is 36.4 Å². The van der Waals surface area contributed by atoms with E-state index >= 15 is 0 Å². The van der Waals surface area contributed by atoms with Crippen LogP contribution in [-0.2, 0) is 19.1 Å². The fraction of sp³-hybridized carbons (Fsp3) is 0.898. The van der Waals surface area contributed by atoms with Gasteiger partial charge in [0.05, 0.1) is 6.61 Å². The Morgan fingerprint density at radius 1 is 0.359 bits per heavy atom. The van der Waals surface area contributed by atoms with Crippen LogP contribution in [0.3, 0.4) is 0 Å². The number of aliphatic hydroxyl groups excluding tert-OH is 1. The van der Waals surface area contributed by atoms with Crippen molar-refractivity contribution >= 4 is 11.9 Å². The van der Waals surface area contributed by atoms with Crippen molar-refractivity contribution in [2.45, 2.75) is 328 Å². The second-order valence-electron chi connectivity index (χ2n) is 19.7. The van der Waals surface area contributed by atoms with Crippen molar-refractivity contribution in [1.29, 1.82) is 0 Å². The van der Waals surface area contributed by atoms with Gasteiger partial charge in [0.2, 0.25) is 0 Å². The second kappa shape index (κ2) is 55.7. The predicted octanol–water partition coefficient (Wildman–Crippen LogP) is 19.3. The fourth-order valence-corrected chi connectivity index (χ4v) is 8.88. The molecule has 0 radical (unpaired) electrons. The standard InChI is InChI=1S/C59H112O5/c1-3-5-7-9-11-13-15-17-19-21-23-24-25-26-27-28-29-30-31-32-33-34-35-36-38-39-41-43-45-47-49-51-53-58(61)63-56-57(55-60)64-59(62)54-52-50-48-46-44-42-40-37-22-20-18-16-14-12-10-8-6-4-2/h14,16,20,22,57,60H,3-13,15,17-19,21,23-56H2,1-2H3/b16-14-,22-20-. The Morgan fingerprint density at radius 2 is 0.625 bits per heavy atom. The van der Waals surface area contributed by atoms with Gasteiger partial charge in [0.15, 0.2) is 6.10 Å². The highest BCUT2D eigenvalue weighted by molar-refractivity contribution is 5.70. The Morgan fingerprint density at radius 3 is 0.938 bits per heavy atom. The highest BCUT2D eigenvalue weighted by Gasteiger charge is 2.16. The van der Waals surface area contributed by atoms with E-state index in [2.05, 4.69) is 38.2 Å². The molecule has 64 heavy (non-hydrogen) atoms. The van der Waals surface area contributed by atoms with Gasteiger partial charge >= 0.3 is 11.9 Å². The Labute approximate surface area is 400 Å². The molecule has 0 saturated heterocycles. The van der Waals surface area contributed by atoms with E-state index in [-0.39, 0.29) is 25.2 Å². The van der Waals surface area contributed by atoms with Gasteiger partial charge < -0.3 is 14.6 Å². The van der Waals surface area contributed by atoms with Crippen LogP contribution in [0.5, 0.6) is 0 Å². The zero-order valence-corrected chi connectivity index (χ0v) is 43.3. The molecule has 0 spiro atoms. The van der Waals surface area contributed by atoms with Gasteiger partial charge in [0.1, 0.15) is 6.61 Å². The topological polar surface area (TPSA) is 72.8 Å². The van der Waals surface area contributed by atoms with Crippen LogP contribution in [0.15, 0.2) is 24.3 Å². The summed E-state index contributed by atoms with van der Waals surface area (Å²) >= 11 is 0. The third-order valence-electron chi connectivity index (χ3n) is 13.2. The van der Waals surface area contributed by atoms with Gasteiger partial charge in [0, 0.05) is 12.8 Å². The third kappa shape index (κ3) is 53.0. The zero-order valence-electron chi connectivity index (χ0n) is 43.3. The smallest absolute Gasteiger partial charge is 0.306 e. The van der Waals surface area contributed by atoms with Crippen molar-refractivity contribution in [2.24, 2.45) is 0 Å². The molecule has 378 valence electrons. The van der Waals surface area contributed by atoms with Crippen LogP contribution in [0.2, 0.25) is 0 Å². The summed E-state index contributed by atoms with van der Waals surface area (Å²) in [6.45, 7) is 4.16. The van der Waals surface area contributed by atoms with Gasteiger partial charge in [-0.05, 0) is 44.9 Å². The van der Waals surface area contributed by atoms with E-state index < -0.39 is 6.10 Å². The molecule has 0 aliphatic heterocycles. The number of aliphatic hydroxyl groups is 1. The van der Waals surface area contributed by atoms with Crippen LogP contribution in [0.25, 0.3) is 0 Å². The van der Waals surface area contributed by atoms with Gasteiger partial charge in [-0.3, -0.25) is 9.59 Å². The van der Waals surface area contributed by atoms with E-state index in [0.29, 0.717) is 12.8 Å². The van der Waals surface area contributed by atoms with Crippen molar-refractivity contribution in [3.8, 4) is 0 Å². The normalized spacial score (nSPS) is 12.2. The average Bonchev–Trinajstić information content (AvgIpc) is 3.30. The molecule has 0 aliphatic rings. The molecule has 5 heteroatoms. The van der Waals surface area contributed by atoms with Crippen molar-refractivity contribution in [2.75, 3.05) is 13.2 Å². The molecule has 5 nitrogen and oxygen atoms in total. The number of allylic oxidation sites excluding steroid dienone is 4. The minimum Gasteiger partial charge on any atom is -0.462 e. The molecule has 1 unspecified atom stereocenters. The Hall–Kier alpha value is -1.62. The lowest BCUT2D eigenvalue weighted by molar-refractivity contribution is -0.161. The molecule has 0 fully saturated rings. The van der Waals surface area contributed by atoms with Crippen LogP contribution in [0.1, 0.15) is 322 Å². The summed E-state index contributed by atoms with van der Waals surface area (Å²) in [5, 5.41) is 9.64. The highest BCUT2D eigenvalue weighted by atomic mass is 16.6. The molecule has 0 saturated carbocycles. The summed E-state index contributed by atoms with van der Waals surface area (Å²) in [7, 11) is 0. The molecule has 0 bridgehead atoms. The van der Waals surface area contributed by atoms with Crippen LogP contribution >= 0.6 is 0 Å². The maximum absolute atomic E-state index is 12.3. The van der Waals surface area contributed by atoms with Crippen LogP contribution in [0.4, 0.5) is 0 Å². The number of unbranched alkanes of at least 4 members (excludes halogenated alkanes) is 42. The van der Waals surface area contributed by atoms with Crippen molar-refractivity contribution in [3.05, 3.63) is 24.3 Å². The summed E-state index contributed by atoms with van der Waals surface area (Å²) < 4.78 is 10.7. The first-order valence-electron chi connectivity index (χ1n) is 28.9. The minimum atomic E-state index is -0.773. The maximum Gasteiger partial charge on any atom is 0.306 e. The molecule has 0 aromatic carbocycles. The quantitative estimate of drug-likeness (QED) is 0.0374. The molecular formula is C59H112O5. The molecule has 0 rings (SSSR count). The monoisotopic (exact) mass is 901 g/mol. The lowest BCUT2D eigenvalue weighted by Crippen LogP contribution is -2.28. The molecule has 0 aromatic rings. The van der Waals surface area contributed by atoms with Crippen LogP contribution in [0, 0.1) is 0 Å². The van der Waals surface area contributed by atoms with Gasteiger partial charge in [-0.25, -0.2) is 0 Å². The van der Waals surface area contributed by atoms with Gasteiger partial charge in [0.25, 0.3) is 0 Å². The number of hydrogen-bond donors (Lipinski definition) is 1. The molecule has 1 N–H and O–H groups in total. The van der Waals surface area contributed by atoms with Crippen LogP contribution < -0.4 is 0 Å². The van der Waals surface area contributed by atoms with Crippen molar-refractivity contribution < 1.29 is 24.2 Å². The molecule has 0 amide bonds. The van der Waals surface area contributed by atoms with Gasteiger partial charge in [-0.15, -0.1) is 0 Å². The molecule has 0 aliphatic carbocycles. The molecular weight excluding hydrogens is 789 g/mol. The number of carbonyl (C=O) groups is 2. The van der Waals surface area contributed by atoms with E-state index in [9.17, 15) is 14.7 Å². The van der Waals surface area contributed by atoms with Crippen molar-refractivity contribution in [3.63, 3.8) is 0 Å². The fourth-order valence-electron chi connectivity index (χ4n) is 8.88. The number of ether oxygens (including phenoxy) is 2. The first kappa shape index (κ1) is 62.4. The lowest BCUT2D eigenvalue weighted by atomic mass is 10.0. The van der Waals surface area contributed by atoms with Gasteiger partial charge in [-0.2, -0.15) is 0 Å². The summed E-state index contributed by atoms with van der Waals surface area (Å²) in [6.07, 6.45) is 70.3. The first-order valence-corrected chi connectivity index (χ1v) is 28.9. The molecule has 0 aromatic heterocycles. The second-order valence-corrected chi connectivity index (χ2v) is 19.7. The van der Waals surface area contributed by atoms with Crippen molar-refractivity contribution in [1.82, 2.24) is 0 Å². The molecule has 0 heterocycles. The molecule has 1 atom stereocenters. The summed E-state index contributed by atoms with van der Waals surface area (Å²) in [5.41, 5.74) is 0. The summed E-state index contributed by atoms with van der Waals surface area (Å²) in [4.78, 5) is 24.5.